The van der Waals surface area contributed by atoms with Crippen molar-refractivity contribution in [2.45, 2.75) is 45.0 Å². The van der Waals surface area contributed by atoms with Crippen molar-refractivity contribution in [1.82, 2.24) is 24.3 Å². The summed E-state index contributed by atoms with van der Waals surface area (Å²) in [4.78, 5) is 33.8. The van der Waals surface area contributed by atoms with Crippen LogP contribution in [-0.4, -0.2) is 37.5 Å². The van der Waals surface area contributed by atoms with Gasteiger partial charge in [0.2, 0.25) is 5.56 Å². The van der Waals surface area contributed by atoms with Gasteiger partial charge in [-0.3, -0.25) is 9.59 Å². The number of pyridine rings is 1. The molecule has 0 spiro atoms. The Morgan fingerprint density at radius 1 is 1.26 bits per heavy atom. The van der Waals surface area contributed by atoms with Gasteiger partial charge in [0.1, 0.15) is 5.02 Å². The third kappa shape index (κ3) is 3.90. The molecule has 10 heteroatoms. The molecule has 1 fully saturated rings. The Morgan fingerprint density at radius 2 is 2.16 bits per heavy atom. The molecule has 31 heavy (non-hydrogen) atoms. The van der Waals surface area contributed by atoms with Crippen LogP contribution in [0.3, 0.4) is 0 Å². The van der Waals surface area contributed by atoms with Crippen molar-refractivity contribution in [2.24, 2.45) is 0 Å². The molecule has 3 aromatic heterocycles. The van der Waals surface area contributed by atoms with E-state index in [0.29, 0.717) is 31.9 Å². The van der Waals surface area contributed by atoms with Gasteiger partial charge in [-0.05, 0) is 25.3 Å². The van der Waals surface area contributed by atoms with Crippen molar-refractivity contribution in [1.29, 1.82) is 0 Å². The van der Waals surface area contributed by atoms with Crippen LogP contribution in [0.1, 0.15) is 42.6 Å². The minimum atomic E-state index is -0.346. The summed E-state index contributed by atoms with van der Waals surface area (Å²) in [5, 5.41) is 4.52. The van der Waals surface area contributed by atoms with Gasteiger partial charge in [-0.2, -0.15) is 9.78 Å². The molecule has 0 bridgehead atoms. The van der Waals surface area contributed by atoms with Crippen LogP contribution in [0.5, 0.6) is 0 Å². The fourth-order valence-electron chi connectivity index (χ4n) is 4.26. The van der Waals surface area contributed by atoms with Crippen LogP contribution in [-0.2, 0) is 24.2 Å². The van der Waals surface area contributed by atoms with Crippen LogP contribution < -0.4 is 16.0 Å². The number of ether oxygens (including phenoxy) is 1. The van der Waals surface area contributed by atoms with E-state index in [9.17, 15) is 9.59 Å². The lowest BCUT2D eigenvalue weighted by Crippen LogP contribution is -2.36. The highest BCUT2D eigenvalue weighted by molar-refractivity contribution is 6.33. The fraction of sp³-hybridized carbons (Fsp3) is 0.429. The van der Waals surface area contributed by atoms with Crippen LogP contribution in [0.4, 0.5) is 5.69 Å². The maximum Gasteiger partial charge on any atom is 0.290 e. The van der Waals surface area contributed by atoms with Crippen molar-refractivity contribution in [3.8, 4) is 0 Å². The number of aromatic amines is 1. The highest BCUT2D eigenvalue weighted by Gasteiger charge is 2.26. The van der Waals surface area contributed by atoms with E-state index in [1.807, 2.05) is 11.0 Å². The molecular weight excluding hydrogens is 420 g/mol. The maximum atomic E-state index is 12.8. The molecule has 162 valence electrons. The Labute approximate surface area is 183 Å². The average molecular weight is 443 g/mol. The Balaban J connectivity index is 1.36. The molecule has 1 saturated heterocycles. The molecule has 1 atom stereocenters. The number of anilines is 1. The number of hydrogen-bond acceptors (Lipinski definition) is 6. The average Bonchev–Trinajstić information content (AvgIpc) is 3.18. The number of fused-ring (bicyclic) bond motifs is 1. The summed E-state index contributed by atoms with van der Waals surface area (Å²) in [5.41, 5.74) is 3.06. The number of halogens is 1. The SMILES string of the molecule is O=c1cccc(Cn2cnc3c2CCN(c2cnn(C4CCCCO4)c(=O)c2Cl)C3)[nH]1. The van der Waals surface area contributed by atoms with E-state index in [0.717, 1.165) is 42.8 Å². The second-order valence-corrected chi connectivity index (χ2v) is 8.27. The summed E-state index contributed by atoms with van der Waals surface area (Å²) >= 11 is 6.48. The molecule has 1 unspecified atom stereocenters. The minimum Gasteiger partial charge on any atom is -0.362 e. The van der Waals surface area contributed by atoms with Crippen LogP contribution in [0.25, 0.3) is 0 Å². The molecule has 1 N–H and O–H groups in total. The van der Waals surface area contributed by atoms with Crippen LogP contribution in [0.15, 0.2) is 40.3 Å². The van der Waals surface area contributed by atoms with Crippen LogP contribution in [0, 0.1) is 0 Å². The third-order valence-electron chi connectivity index (χ3n) is 5.86. The molecule has 0 aromatic carbocycles. The monoisotopic (exact) mass is 442 g/mol. The minimum absolute atomic E-state index is 0.117. The fourth-order valence-corrected chi connectivity index (χ4v) is 4.51. The van der Waals surface area contributed by atoms with Crippen molar-refractivity contribution in [2.75, 3.05) is 18.1 Å². The molecule has 2 aliphatic heterocycles. The standard InChI is InChI=1S/C21H23ClN6O3/c22-20-17(10-24-28(21(20)30)19-6-1-2-9-31-19)26-8-7-16-15(12-26)23-13-27(16)11-14-4-3-5-18(29)25-14/h3-5,10,13,19H,1-2,6-9,11-12H2,(H,25,29). The molecule has 0 aliphatic carbocycles. The first kappa shape index (κ1) is 20.0. The van der Waals surface area contributed by atoms with Crippen LogP contribution in [0.2, 0.25) is 5.02 Å². The number of aromatic nitrogens is 5. The van der Waals surface area contributed by atoms with E-state index in [1.54, 1.807) is 18.6 Å². The van der Waals surface area contributed by atoms with E-state index in [4.69, 9.17) is 16.3 Å². The molecule has 0 amide bonds. The summed E-state index contributed by atoms with van der Waals surface area (Å²) in [6, 6.07) is 5.13. The van der Waals surface area contributed by atoms with E-state index < -0.39 is 0 Å². The molecule has 5 rings (SSSR count). The first-order valence-electron chi connectivity index (χ1n) is 10.4. The van der Waals surface area contributed by atoms with Gasteiger partial charge < -0.3 is 19.2 Å². The first-order chi connectivity index (χ1) is 15.1. The summed E-state index contributed by atoms with van der Waals surface area (Å²) in [5.74, 6) is 0. The van der Waals surface area contributed by atoms with Gasteiger partial charge >= 0.3 is 0 Å². The first-order valence-corrected chi connectivity index (χ1v) is 10.8. The van der Waals surface area contributed by atoms with Crippen molar-refractivity contribution < 1.29 is 4.74 Å². The second kappa shape index (κ2) is 8.32. The van der Waals surface area contributed by atoms with Gasteiger partial charge in [0.25, 0.3) is 5.56 Å². The quantitative estimate of drug-likeness (QED) is 0.664. The van der Waals surface area contributed by atoms with Gasteiger partial charge in [-0.25, -0.2) is 4.98 Å². The number of imidazole rings is 1. The van der Waals surface area contributed by atoms with Crippen molar-refractivity contribution in [3.63, 3.8) is 0 Å². The summed E-state index contributed by atoms with van der Waals surface area (Å²) in [6.45, 7) is 2.41. The Bertz CT molecular complexity index is 1210. The molecule has 0 radical (unpaired) electrons. The summed E-state index contributed by atoms with van der Waals surface area (Å²) < 4.78 is 9.09. The smallest absolute Gasteiger partial charge is 0.290 e. The Kier molecular flexibility index (Phi) is 5.37. The highest BCUT2D eigenvalue weighted by Crippen LogP contribution is 2.29. The zero-order valence-corrected chi connectivity index (χ0v) is 17.7. The van der Waals surface area contributed by atoms with Gasteiger partial charge in [0, 0.05) is 37.0 Å². The molecule has 0 saturated carbocycles. The Morgan fingerprint density at radius 3 is 2.97 bits per heavy atom. The third-order valence-corrected chi connectivity index (χ3v) is 6.21. The summed E-state index contributed by atoms with van der Waals surface area (Å²) in [7, 11) is 0. The number of nitrogens with one attached hydrogen (secondary N) is 1. The lowest BCUT2D eigenvalue weighted by molar-refractivity contribution is -0.0424. The predicted octanol–water partition coefficient (Wildman–Crippen LogP) is 2.09. The zero-order valence-electron chi connectivity index (χ0n) is 17.0. The zero-order chi connectivity index (χ0) is 21.4. The van der Waals surface area contributed by atoms with Gasteiger partial charge in [0.05, 0.1) is 37.0 Å². The maximum absolute atomic E-state index is 12.8. The van der Waals surface area contributed by atoms with Gasteiger partial charge in [-0.15, -0.1) is 0 Å². The number of rotatable bonds is 4. The molecule has 5 heterocycles. The van der Waals surface area contributed by atoms with E-state index in [1.165, 1.54) is 10.7 Å². The predicted molar refractivity (Wildman–Crippen MR) is 115 cm³/mol. The number of H-pyrrole nitrogens is 1. The van der Waals surface area contributed by atoms with Crippen molar-refractivity contribution in [3.05, 3.63) is 73.5 Å². The van der Waals surface area contributed by atoms with Crippen molar-refractivity contribution >= 4 is 17.3 Å². The molecular formula is C21H23ClN6O3. The normalized spacial score (nSPS) is 18.7. The highest BCUT2D eigenvalue weighted by atomic mass is 35.5. The van der Waals surface area contributed by atoms with E-state index in [-0.39, 0.29) is 22.4 Å². The lowest BCUT2D eigenvalue weighted by Gasteiger charge is -2.30. The largest absolute Gasteiger partial charge is 0.362 e. The Hall–Kier alpha value is -2.91. The second-order valence-electron chi connectivity index (χ2n) is 7.89. The molecule has 3 aromatic rings. The number of nitrogens with zero attached hydrogens (tertiary/aromatic N) is 5. The lowest BCUT2D eigenvalue weighted by atomic mass is 10.1. The van der Waals surface area contributed by atoms with E-state index in [2.05, 4.69) is 19.6 Å². The van der Waals surface area contributed by atoms with E-state index >= 15 is 0 Å². The summed E-state index contributed by atoms with van der Waals surface area (Å²) in [6.07, 6.45) is 6.61. The van der Waals surface area contributed by atoms with Gasteiger partial charge in [0.15, 0.2) is 6.23 Å². The molecule has 9 nitrogen and oxygen atoms in total. The number of hydrogen-bond donors (Lipinski definition) is 1. The van der Waals surface area contributed by atoms with Crippen LogP contribution >= 0.6 is 11.6 Å². The van der Waals surface area contributed by atoms with Gasteiger partial charge in [-0.1, -0.05) is 17.7 Å². The topological polar surface area (TPSA) is 98.0 Å². The molecule has 2 aliphatic rings.